The van der Waals surface area contributed by atoms with Crippen molar-refractivity contribution >= 4 is 27.6 Å². The van der Waals surface area contributed by atoms with Gasteiger partial charge in [-0.3, -0.25) is 0 Å². The van der Waals surface area contributed by atoms with Crippen LogP contribution < -0.4 is 5.73 Å². The first-order valence-electron chi connectivity index (χ1n) is 4.55. The fraction of sp³-hybridized carbons (Fsp3) is 0. The molecule has 0 radical (unpaired) electrons. The van der Waals surface area contributed by atoms with Gasteiger partial charge in [0.25, 0.3) is 0 Å². The molecule has 0 atom stereocenters. The van der Waals surface area contributed by atoms with Crippen molar-refractivity contribution in [2.24, 2.45) is 0 Å². The van der Waals surface area contributed by atoms with E-state index < -0.39 is 5.97 Å². The number of aromatic carboxylic acids is 1. The Morgan fingerprint density at radius 3 is 2.44 bits per heavy atom. The SMILES string of the molecule is Nc1ccn(-c2ccc(Br)cc2)c1C(=O)O. The summed E-state index contributed by atoms with van der Waals surface area (Å²) in [5.41, 5.74) is 6.71. The predicted octanol–water partition coefficient (Wildman–Crippen LogP) is 2.52. The Bertz CT molecular complexity index is 531. The van der Waals surface area contributed by atoms with Crippen LogP contribution in [0.5, 0.6) is 0 Å². The van der Waals surface area contributed by atoms with Crippen molar-refractivity contribution in [1.29, 1.82) is 0 Å². The van der Waals surface area contributed by atoms with Crippen molar-refractivity contribution in [1.82, 2.24) is 4.57 Å². The van der Waals surface area contributed by atoms with Gasteiger partial charge in [-0.2, -0.15) is 0 Å². The normalized spacial score (nSPS) is 10.3. The lowest BCUT2D eigenvalue weighted by atomic mass is 10.3. The molecule has 3 N–H and O–H groups in total. The van der Waals surface area contributed by atoms with Crippen LogP contribution in [0.1, 0.15) is 10.5 Å². The van der Waals surface area contributed by atoms with Crippen molar-refractivity contribution in [3.63, 3.8) is 0 Å². The zero-order valence-electron chi connectivity index (χ0n) is 8.22. The number of carboxylic acids is 1. The van der Waals surface area contributed by atoms with Crippen LogP contribution in [0.2, 0.25) is 0 Å². The van der Waals surface area contributed by atoms with Crippen LogP contribution in [0.4, 0.5) is 5.69 Å². The van der Waals surface area contributed by atoms with Gasteiger partial charge in [-0.15, -0.1) is 0 Å². The molecule has 0 fully saturated rings. The second kappa shape index (κ2) is 4.02. The van der Waals surface area contributed by atoms with E-state index in [2.05, 4.69) is 15.9 Å². The molecule has 0 saturated heterocycles. The van der Waals surface area contributed by atoms with E-state index in [0.717, 1.165) is 10.2 Å². The number of benzene rings is 1. The third kappa shape index (κ3) is 1.81. The average Bonchev–Trinajstić information content (AvgIpc) is 2.61. The molecule has 82 valence electrons. The van der Waals surface area contributed by atoms with E-state index in [-0.39, 0.29) is 11.4 Å². The quantitative estimate of drug-likeness (QED) is 0.888. The minimum atomic E-state index is -1.04. The zero-order chi connectivity index (χ0) is 11.7. The van der Waals surface area contributed by atoms with Crippen LogP contribution in [0.25, 0.3) is 5.69 Å². The van der Waals surface area contributed by atoms with E-state index in [9.17, 15) is 4.79 Å². The van der Waals surface area contributed by atoms with Crippen LogP contribution in [-0.4, -0.2) is 15.6 Å². The topological polar surface area (TPSA) is 68.2 Å². The molecular weight excluding hydrogens is 272 g/mol. The smallest absolute Gasteiger partial charge is 0.355 e. The number of carboxylic acid groups (broad SMARTS) is 1. The summed E-state index contributed by atoms with van der Waals surface area (Å²) in [6, 6.07) is 8.89. The summed E-state index contributed by atoms with van der Waals surface area (Å²) < 4.78 is 2.48. The van der Waals surface area contributed by atoms with Crippen molar-refractivity contribution in [2.45, 2.75) is 0 Å². The molecule has 5 heteroatoms. The average molecular weight is 281 g/mol. The summed E-state index contributed by atoms with van der Waals surface area (Å²) in [4.78, 5) is 11.0. The molecular formula is C11H9BrN2O2. The lowest BCUT2D eigenvalue weighted by molar-refractivity contribution is 0.0689. The predicted molar refractivity (Wildman–Crippen MR) is 64.8 cm³/mol. The first kappa shape index (κ1) is 10.8. The number of anilines is 1. The van der Waals surface area contributed by atoms with E-state index in [0.29, 0.717) is 0 Å². The third-order valence-corrected chi connectivity index (χ3v) is 2.75. The Kier molecular flexibility index (Phi) is 2.70. The molecule has 2 rings (SSSR count). The van der Waals surface area contributed by atoms with E-state index in [1.807, 2.05) is 24.3 Å². The van der Waals surface area contributed by atoms with Gasteiger partial charge in [-0.1, -0.05) is 15.9 Å². The number of aromatic nitrogens is 1. The second-order valence-corrected chi connectivity index (χ2v) is 4.19. The van der Waals surface area contributed by atoms with Crippen LogP contribution >= 0.6 is 15.9 Å². The number of hydrogen-bond donors (Lipinski definition) is 2. The third-order valence-electron chi connectivity index (χ3n) is 2.22. The van der Waals surface area contributed by atoms with Crippen LogP contribution in [-0.2, 0) is 0 Å². The van der Waals surface area contributed by atoms with Gasteiger partial charge < -0.3 is 15.4 Å². The van der Waals surface area contributed by atoms with Crippen LogP contribution in [0.15, 0.2) is 41.0 Å². The van der Waals surface area contributed by atoms with Gasteiger partial charge in [-0.25, -0.2) is 4.79 Å². The van der Waals surface area contributed by atoms with Gasteiger partial charge in [0, 0.05) is 16.4 Å². The van der Waals surface area contributed by atoms with E-state index in [1.165, 1.54) is 0 Å². The minimum absolute atomic E-state index is 0.0855. The van der Waals surface area contributed by atoms with Gasteiger partial charge >= 0.3 is 5.97 Å². The molecule has 16 heavy (non-hydrogen) atoms. The Hall–Kier alpha value is -1.75. The number of hydrogen-bond acceptors (Lipinski definition) is 2. The number of nitrogens with two attached hydrogens (primary N) is 1. The van der Waals surface area contributed by atoms with Crippen molar-refractivity contribution in [3.8, 4) is 5.69 Å². The molecule has 1 aromatic carbocycles. The van der Waals surface area contributed by atoms with Crippen LogP contribution in [0.3, 0.4) is 0 Å². The highest BCUT2D eigenvalue weighted by atomic mass is 79.9. The molecule has 0 aliphatic rings. The Morgan fingerprint density at radius 1 is 1.25 bits per heavy atom. The van der Waals surface area contributed by atoms with Crippen molar-refractivity contribution < 1.29 is 9.90 Å². The monoisotopic (exact) mass is 280 g/mol. The van der Waals surface area contributed by atoms with Crippen molar-refractivity contribution in [2.75, 3.05) is 5.73 Å². The summed E-state index contributed by atoms with van der Waals surface area (Å²) >= 11 is 3.32. The molecule has 0 spiro atoms. The molecule has 0 amide bonds. The second-order valence-electron chi connectivity index (χ2n) is 3.27. The Labute approximate surface area is 100 Å². The molecule has 1 aromatic heterocycles. The molecule has 0 saturated carbocycles. The molecule has 4 nitrogen and oxygen atoms in total. The van der Waals surface area contributed by atoms with Gasteiger partial charge in [0.1, 0.15) is 0 Å². The standard InChI is InChI=1S/C11H9BrN2O2/c12-7-1-3-8(4-2-7)14-6-5-9(13)10(14)11(15)16/h1-6H,13H2,(H,15,16). The summed E-state index contributed by atoms with van der Waals surface area (Å²) in [6.07, 6.45) is 1.64. The molecule has 0 aliphatic heterocycles. The van der Waals surface area contributed by atoms with Crippen molar-refractivity contribution in [3.05, 3.63) is 46.7 Å². The molecule has 0 unspecified atom stereocenters. The first-order chi connectivity index (χ1) is 7.59. The maximum Gasteiger partial charge on any atom is 0.355 e. The van der Waals surface area contributed by atoms with E-state index in [4.69, 9.17) is 10.8 Å². The van der Waals surface area contributed by atoms with Gasteiger partial charge in [0.05, 0.1) is 5.69 Å². The Morgan fingerprint density at radius 2 is 1.88 bits per heavy atom. The van der Waals surface area contributed by atoms with Gasteiger partial charge in [0.15, 0.2) is 5.69 Å². The fourth-order valence-electron chi connectivity index (χ4n) is 1.49. The summed E-state index contributed by atoms with van der Waals surface area (Å²) in [7, 11) is 0. The van der Waals surface area contributed by atoms with Gasteiger partial charge in [0.2, 0.25) is 0 Å². The van der Waals surface area contributed by atoms with E-state index >= 15 is 0 Å². The molecule has 0 aliphatic carbocycles. The molecule has 2 aromatic rings. The Balaban J connectivity index is 2.56. The lowest BCUT2D eigenvalue weighted by Crippen LogP contribution is -2.08. The van der Waals surface area contributed by atoms with E-state index in [1.54, 1.807) is 16.8 Å². The number of nitrogens with zero attached hydrogens (tertiary/aromatic N) is 1. The summed E-state index contributed by atoms with van der Waals surface area (Å²) in [5, 5.41) is 9.04. The largest absolute Gasteiger partial charge is 0.476 e. The van der Waals surface area contributed by atoms with Crippen LogP contribution in [0, 0.1) is 0 Å². The highest BCUT2D eigenvalue weighted by Gasteiger charge is 2.14. The maximum absolute atomic E-state index is 11.0. The van der Waals surface area contributed by atoms with Gasteiger partial charge in [-0.05, 0) is 30.3 Å². The highest BCUT2D eigenvalue weighted by molar-refractivity contribution is 9.10. The maximum atomic E-state index is 11.0. The molecule has 1 heterocycles. The number of carbonyl (C=O) groups is 1. The summed E-state index contributed by atoms with van der Waals surface area (Å²) in [6.45, 7) is 0. The fourth-order valence-corrected chi connectivity index (χ4v) is 1.76. The minimum Gasteiger partial charge on any atom is -0.476 e. The lowest BCUT2D eigenvalue weighted by Gasteiger charge is -2.06. The number of rotatable bonds is 2. The highest BCUT2D eigenvalue weighted by Crippen LogP contribution is 2.20. The molecule has 0 bridgehead atoms. The summed E-state index contributed by atoms with van der Waals surface area (Å²) in [5.74, 6) is -1.04. The number of halogens is 1. The zero-order valence-corrected chi connectivity index (χ0v) is 9.81. The number of nitrogen functional groups attached to an aromatic ring is 1. The first-order valence-corrected chi connectivity index (χ1v) is 5.35.